The third-order valence-corrected chi connectivity index (χ3v) is 4.86. The van der Waals surface area contributed by atoms with E-state index in [1.54, 1.807) is 0 Å². The van der Waals surface area contributed by atoms with Gasteiger partial charge in [-0.05, 0) is 74.2 Å². The number of halogens is 2. The zero-order chi connectivity index (χ0) is 10.1. The fourth-order valence-electron chi connectivity index (χ4n) is 1.33. The second-order valence-electron chi connectivity index (χ2n) is 2.99. The summed E-state index contributed by atoms with van der Waals surface area (Å²) in [6.07, 6.45) is 0.879. The highest BCUT2D eigenvalue weighted by Crippen LogP contribution is 2.23. The largest absolute Gasteiger partial charge is 0.298 e. The molecule has 0 saturated carbocycles. The van der Waals surface area contributed by atoms with Gasteiger partial charge < -0.3 is 0 Å². The topological polar surface area (TPSA) is 17.1 Å². The monoisotopic (exact) mass is 408 g/mol. The molecule has 0 N–H and O–H groups in total. The Hall–Kier alpha value is -0.170. The predicted molar refractivity (Wildman–Crippen MR) is 74.8 cm³/mol. The minimum absolute atomic E-state index is 0.731. The SMILES string of the molecule is O=Cc1ccc2cc(I)c(I)cc2c1. The number of carbonyl (C=O) groups is 1. The Kier molecular flexibility index (Phi) is 3.06. The Morgan fingerprint density at radius 1 is 0.929 bits per heavy atom. The number of rotatable bonds is 1. The minimum Gasteiger partial charge on any atom is -0.298 e. The standard InChI is InChI=1S/C11H6I2O/c12-10-4-8-2-1-7(6-14)3-9(8)5-11(10)13/h1-6H. The van der Waals surface area contributed by atoms with Crippen molar-refractivity contribution in [3.63, 3.8) is 0 Å². The maximum atomic E-state index is 10.6. The van der Waals surface area contributed by atoms with E-state index in [9.17, 15) is 4.79 Å². The molecule has 0 unspecified atom stereocenters. The van der Waals surface area contributed by atoms with Crippen molar-refractivity contribution in [2.75, 3.05) is 0 Å². The van der Waals surface area contributed by atoms with E-state index in [0.29, 0.717) is 0 Å². The Morgan fingerprint density at radius 3 is 2.21 bits per heavy atom. The third-order valence-electron chi connectivity index (χ3n) is 2.04. The molecule has 0 aliphatic rings. The average molecular weight is 408 g/mol. The van der Waals surface area contributed by atoms with Crippen molar-refractivity contribution in [1.29, 1.82) is 0 Å². The van der Waals surface area contributed by atoms with Crippen LogP contribution >= 0.6 is 45.2 Å². The molecule has 0 aliphatic carbocycles. The number of fused-ring (bicyclic) bond motifs is 1. The van der Waals surface area contributed by atoms with E-state index >= 15 is 0 Å². The van der Waals surface area contributed by atoms with Gasteiger partial charge in [0.15, 0.2) is 0 Å². The molecule has 0 atom stereocenters. The summed E-state index contributed by atoms with van der Waals surface area (Å²) in [5.41, 5.74) is 0.731. The van der Waals surface area contributed by atoms with Gasteiger partial charge in [0.1, 0.15) is 6.29 Å². The number of aldehydes is 1. The number of hydrogen-bond acceptors (Lipinski definition) is 1. The zero-order valence-electron chi connectivity index (χ0n) is 7.13. The maximum Gasteiger partial charge on any atom is 0.150 e. The minimum atomic E-state index is 0.731. The van der Waals surface area contributed by atoms with Gasteiger partial charge in [0, 0.05) is 12.7 Å². The van der Waals surface area contributed by atoms with Gasteiger partial charge in [-0.15, -0.1) is 0 Å². The zero-order valence-corrected chi connectivity index (χ0v) is 11.4. The molecule has 2 aromatic rings. The quantitative estimate of drug-likeness (QED) is 0.518. The lowest BCUT2D eigenvalue weighted by Crippen LogP contribution is -1.84. The molecule has 0 fully saturated rings. The van der Waals surface area contributed by atoms with Crippen LogP contribution in [0.1, 0.15) is 10.4 Å². The first-order valence-corrected chi connectivity index (χ1v) is 6.20. The van der Waals surface area contributed by atoms with E-state index in [1.165, 1.54) is 12.5 Å². The van der Waals surface area contributed by atoms with E-state index in [4.69, 9.17) is 0 Å². The lowest BCUT2D eigenvalue weighted by molar-refractivity contribution is 0.112. The van der Waals surface area contributed by atoms with Crippen LogP contribution in [-0.2, 0) is 0 Å². The summed E-state index contributed by atoms with van der Waals surface area (Å²) in [6.45, 7) is 0. The fourth-order valence-corrected chi connectivity index (χ4v) is 2.32. The van der Waals surface area contributed by atoms with Gasteiger partial charge in [-0.2, -0.15) is 0 Å². The summed E-state index contributed by atoms with van der Waals surface area (Å²) in [7, 11) is 0. The van der Waals surface area contributed by atoms with Gasteiger partial charge in [0.05, 0.1) is 0 Å². The van der Waals surface area contributed by atoms with E-state index in [1.807, 2.05) is 18.2 Å². The van der Waals surface area contributed by atoms with Crippen molar-refractivity contribution in [1.82, 2.24) is 0 Å². The first-order valence-electron chi connectivity index (χ1n) is 4.05. The van der Waals surface area contributed by atoms with Gasteiger partial charge in [-0.3, -0.25) is 4.79 Å². The van der Waals surface area contributed by atoms with E-state index < -0.39 is 0 Å². The summed E-state index contributed by atoms with van der Waals surface area (Å²) in [5, 5.41) is 2.31. The molecular formula is C11H6I2O. The van der Waals surface area contributed by atoms with E-state index in [-0.39, 0.29) is 0 Å². The molecule has 0 bridgehead atoms. The van der Waals surface area contributed by atoms with Crippen LogP contribution in [0.4, 0.5) is 0 Å². The molecule has 0 radical (unpaired) electrons. The third kappa shape index (κ3) is 1.93. The summed E-state index contributed by atoms with van der Waals surface area (Å²) in [4.78, 5) is 10.6. The first-order chi connectivity index (χ1) is 6.70. The molecular weight excluding hydrogens is 402 g/mol. The van der Waals surface area contributed by atoms with Gasteiger partial charge in [0.2, 0.25) is 0 Å². The molecule has 0 aromatic heterocycles. The second-order valence-corrected chi connectivity index (χ2v) is 5.32. The first kappa shape index (κ1) is 10.4. The molecule has 2 rings (SSSR count). The van der Waals surface area contributed by atoms with Crippen molar-refractivity contribution in [3.8, 4) is 0 Å². The van der Waals surface area contributed by atoms with Gasteiger partial charge in [0.25, 0.3) is 0 Å². The van der Waals surface area contributed by atoms with Crippen LogP contribution in [0.2, 0.25) is 0 Å². The van der Waals surface area contributed by atoms with Crippen LogP contribution < -0.4 is 0 Å². The Labute approximate surface area is 109 Å². The van der Waals surface area contributed by atoms with Gasteiger partial charge in [-0.25, -0.2) is 0 Å². The molecule has 0 saturated heterocycles. The highest BCUT2D eigenvalue weighted by atomic mass is 127. The molecule has 0 spiro atoms. The van der Waals surface area contributed by atoms with Crippen molar-refractivity contribution >= 4 is 62.2 Å². The van der Waals surface area contributed by atoms with E-state index in [2.05, 4.69) is 57.3 Å². The van der Waals surface area contributed by atoms with Crippen molar-refractivity contribution in [2.24, 2.45) is 0 Å². The molecule has 1 nitrogen and oxygen atoms in total. The fraction of sp³-hybridized carbons (Fsp3) is 0. The van der Waals surface area contributed by atoms with E-state index in [0.717, 1.165) is 17.2 Å². The number of benzene rings is 2. The van der Waals surface area contributed by atoms with Crippen LogP contribution in [0.25, 0.3) is 10.8 Å². The number of carbonyl (C=O) groups excluding carboxylic acids is 1. The molecule has 70 valence electrons. The van der Waals surface area contributed by atoms with Gasteiger partial charge in [-0.1, -0.05) is 12.1 Å². The molecule has 0 aliphatic heterocycles. The molecule has 0 heterocycles. The molecule has 14 heavy (non-hydrogen) atoms. The van der Waals surface area contributed by atoms with Crippen LogP contribution in [0.3, 0.4) is 0 Å². The summed E-state index contributed by atoms with van der Waals surface area (Å²) >= 11 is 4.61. The van der Waals surface area contributed by atoms with Crippen molar-refractivity contribution < 1.29 is 4.79 Å². The summed E-state index contributed by atoms with van der Waals surface area (Å²) in [6, 6.07) is 9.98. The van der Waals surface area contributed by atoms with Crippen LogP contribution in [-0.4, -0.2) is 6.29 Å². The van der Waals surface area contributed by atoms with Crippen LogP contribution in [0.15, 0.2) is 30.3 Å². The van der Waals surface area contributed by atoms with Crippen molar-refractivity contribution in [3.05, 3.63) is 43.0 Å². The molecule has 3 heteroatoms. The van der Waals surface area contributed by atoms with Crippen molar-refractivity contribution in [2.45, 2.75) is 0 Å². The molecule has 2 aromatic carbocycles. The second kappa shape index (κ2) is 4.14. The van der Waals surface area contributed by atoms with Crippen LogP contribution in [0.5, 0.6) is 0 Å². The number of hydrogen-bond donors (Lipinski definition) is 0. The Balaban J connectivity index is 2.76. The predicted octanol–water partition coefficient (Wildman–Crippen LogP) is 3.86. The smallest absolute Gasteiger partial charge is 0.150 e. The lowest BCUT2D eigenvalue weighted by Gasteiger charge is -2.01. The average Bonchev–Trinajstić information content (AvgIpc) is 2.19. The summed E-state index contributed by atoms with van der Waals surface area (Å²) in [5.74, 6) is 0. The Bertz CT molecular complexity index is 506. The maximum absolute atomic E-state index is 10.6. The lowest BCUT2D eigenvalue weighted by atomic mass is 10.1. The Morgan fingerprint density at radius 2 is 1.57 bits per heavy atom. The summed E-state index contributed by atoms with van der Waals surface area (Å²) < 4.78 is 2.47. The normalized spacial score (nSPS) is 10.4. The molecule has 0 amide bonds. The highest BCUT2D eigenvalue weighted by Gasteiger charge is 2.00. The van der Waals surface area contributed by atoms with Gasteiger partial charge >= 0.3 is 0 Å². The highest BCUT2D eigenvalue weighted by molar-refractivity contribution is 14.1. The van der Waals surface area contributed by atoms with Crippen LogP contribution in [0, 0.1) is 7.14 Å².